The molecule has 1 aliphatic heterocycles. The molecule has 3 heterocycles. The van der Waals surface area contributed by atoms with E-state index in [1.54, 1.807) is 23.0 Å². The van der Waals surface area contributed by atoms with E-state index < -0.39 is 17.6 Å². The van der Waals surface area contributed by atoms with Crippen LogP contribution in [0, 0.1) is 6.92 Å². The smallest absolute Gasteiger partial charge is 0.416 e. The van der Waals surface area contributed by atoms with Crippen LogP contribution in [0.25, 0.3) is 11.2 Å². The molecule has 0 bridgehead atoms. The molecule has 5 rings (SSSR count). The molecule has 192 valence electrons. The summed E-state index contributed by atoms with van der Waals surface area (Å²) in [5.74, 6) is 0.482. The minimum Gasteiger partial charge on any atom is -0.437 e. The first-order valence-corrected chi connectivity index (χ1v) is 11.5. The Morgan fingerprint density at radius 3 is 2.65 bits per heavy atom. The van der Waals surface area contributed by atoms with Gasteiger partial charge in [-0.25, -0.2) is 4.98 Å². The van der Waals surface area contributed by atoms with Crippen LogP contribution < -0.4 is 15.0 Å². The zero-order chi connectivity index (χ0) is 26.2. The first-order valence-electron chi connectivity index (χ1n) is 11.5. The van der Waals surface area contributed by atoms with Crippen molar-refractivity contribution < 1.29 is 27.4 Å². The Balaban J connectivity index is 1.44. The number of carbonyl (C=O) groups excluding carboxylic acids is 1. The van der Waals surface area contributed by atoms with E-state index in [2.05, 4.69) is 20.3 Å². The van der Waals surface area contributed by atoms with E-state index in [1.807, 2.05) is 18.9 Å². The zero-order valence-corrected chi connectivity index (χ0v) is 20.0. The van der Waals surface area contributed by atoms with Crippen molar-refractivity contribution >= 4 is 28.7 Å². The number of amides is 1. The summed E-state index contributed by atoms with van der Waals surface area (Å²) in [6.45, 7) is 4.19. The maximum atomic E-state index is 13.0. The van der Waals surface area contributed by atoms with Crippen molar-refractivity contribution in [3.8, 4) is 11.6 Å². The Labute approximate surface area is 209 Å². The van der Waals surface area contributed by atoms with Crippen molar-refractivity contribution in [3.05, 3.63) is 65.5 Å². The lowest BCUT2D eigenvalue weighted by atomic mass is 10.1. The van der Waals surface area contributed by atoms with Gasteiger partial charge in [0.1, 0.15) is 5.75 Å². The highest BCUT2D eigenvalue weighted by Gasteiger charge is 2.30. The summed E-state index contributed by atoms with van der Waals surface area (Å²) in [5, 5.41) is 2.51. The number of hydrogen-bond donors (Lipinski definition) is 1. The second-order valence-electron chi connectivity index (χ2n) is 8.57. The lowest BCUT2D eigenvalue weighted by Gasteiger charge is -2.27. The summed E-state index contributed by atoms with van der Waals surface area (Å²) in [4.78, 5) is 28.5. The van der Waals surface area contributed by atoms with E-state index in [0.29, 0.717) is 49.2 Å². The summed E-state index contributed by atoms with van der Waals surface area (Å²) in [6, 6.07) is 9.24. The summed E-state index contributed by atoms with van der Waals surface area (Å²) in [7, 11) is 1.82. The lowest BCUT2D eigenvalue weighted by Crippen LogP contribution is -2.37. The molecular formula is C25H23F3N6O3. The molecule has 12 heteroatoms. The van der Waals surface area contributed by atoms with Gasteiger partial charge < -0.3 is 24.3 Å². The first kappa shape index (κ1) is 24.5. The molecule has 37 heavy (non-hydrogen) atoms. The van der Waals surface area contributed by atoms with Crippen LogP contribution in [0.2, 0.25) is 0 Å². The Morgan fingerprint density at radius 2 is 1.89 bits per heavy atom. The molecule has 1 aliphatic rings. The first-order chi connectivity index (χ1) is 17.7. The van der Waals surface area contributed by atoms with Crippen molar-refractivity contribution in [1.82, 2.24) is 19.5 Å². The molecule has 0 saturated carbocycles. The van der Waals surface area contributed by atoms with Gasteiger partial charge in [-0.1, -0.05) is 12.1 Å². The Kier molecular flexibility index (Phi) is 6.42. The monoisotopic (exact) mass is 512 g/mol. The van der Waals surface area contributed by atoms with Gasteiger partial charge in [-0.05, 0) is 42.8 Å². The number of hydrogen-bond acceptors (Lipinski definition) is 7. The molecule has 0 radical (unpaired) electrons. The minimum atomic E-state index is -4.51. The van der Waals surface area contributed by atoms with Gasteiger partial charge in [0.15, 0.2) is 11.2 Å². The average Bonchev–Trinajstić information content (AvgIpc) is 3.26. The minimum absolute atomic E-state index is 0.0315. The predicted molar refractivity (Wildman–Crippen MR) is 130 cm³/mol. The fourth-order valence-electron chi connectivity index (χ4n) is 3.88. The van der Waals surface area contributed by atoms with Crippen LogP contribution >= 0.6 is 0 Å². The van der Waals surface area contributed by atoms with Gasteiger partial charge in [0.2, 0.25) is 5.95 Å². The third-order valence-corrected chi connectivity index (χ3v) is 5.91. The molecule has 1 amide bonds. The van der Waals surface area contributed by atoms with Crippen LogP contribution in [0.3, 0.4) is 0 Å². The van der Waals surface area contributed by atoms with Crippen molar-refractivity contribution in [2.75, 3.05) is 36.5 Å². The van der Waals surface area contributed by atoms with Crippen LogP contribution in [-0.2, 0) is 18.0 Å². The Hall–Kier alpha value is -4.19. The SMILES string of the molecule is Cc1ccc(C(=O)Nc2cccc(C(F)(F)F)c2)cc1Oc1nc(N2CCOCC2)nc2c1ncn2C. The van der Waals surface area contributed by atoms with Gasteiger partial charge in [-0.2, -0.15) is 23.1 Å². The van der Waals surface area contributed by atoms with E-state index in [4.69, 9.17) is 9.47 Å². The number of ether oxygens (including phenoxy) is 2. The van der Waals surface area contributed by atoms with Gasteiger partial charge in [0, 0.05) is 31.4 Å². The van der Waals surface area contributed by atoms with Crippen LogP contribution in [-0.4, -0.2) is 51.7 Å². The van der Waals surface area contributed by atoms with E-state index in [0.717, 1.165) is 17.7 Å². The topological polar surface area (TPSA) is 94.4 Å². The van der Waals surface area contributed by atoms with Crippen LogP contribution in [0.15, 0.2) is 48.8 Å². The number of nitrogens with one attached hydrogen (secondary N) is 1. The van der Waals surface area contributed by atoms with Gasteiger partial charge in [-0.3, -0.25) is 4.79 Å². The summed E-state index contributed by atoms with van der Waals surface area (Å²) >= 11 is 0. The highest BCUT2D eigenvalue weighted by Crippen LogP contribution is 2.32. The lowest BCUT2D eigenvalue weighted by molar-refractivity contribution is -0.137. The quantitative estimate of drug-likeness (QED) is 0.419. The summed E-state index contributed by atoms with van der Waals surface area (Å²) < 4.78 is 52.5. The highest BCUT2D eigenvalue weighted by molar-refractivity contribution is 6.04. The molecule has 0 aliphatic carbocycles. The summed E-state index contributed by atoms with van der Waals surface area (Å²) in [5.41, 5.74) is 1.16. The van der Waals surface area contributed by atoms with Crippen molar-refractivity contribution in [3.63, 3.8) is 0 Å². The normalized spacial score (nSPS) is 14.1. The number of morpholine rings is 1. The van der Waals surface area contributed by atoms with Gasteiger partial charge in [0.05, 0.1) is 25.1 Å². The molecule has 9 nitrogen and oxygen atoms in total. The maximum absolute atomic E-state index is 13.0. The number of alkyl halides is 3. The number of aromatic nitrogens is 4. The molecule has 1 N–H and O–H groups in total. The third-order valence-electron chi connectivity index (χ3n) is 5.91. The van der Waals surface area contributed by atoms with Gasteiger partial charge in [-0.15, -0.1) is 0 Å². The molecule has 1 saturated heterocycles. The van der Waals surface area contributed by atoms with Crippen LogP contribution in [0.1, 0.15) is 21.5 Å². The largest absolute Gasteiger partial charge is 0.437 e. The Bertz CT molecular complexity index is 1460. The number of imidazole rings is 1. The van der Waals surface area contributed by atoms with Crippen molar-refractivity contribution in [2.24, 2.45) is 7.05 Å². The second-order valence-corrected chi connectivity index (χ2v) is 8.57. The molecule has 0 atom stereocenters. The number of fused-ring (bicyclic) bond motifs is 1. The molecule has 2 aromatic carbocycles. The second kappa shape index (κ2) is 9.69. The number of nitrogens with zero attached hydrogens (tertiary/aromatic N) is 5. The summed E-state index contributed by atoms with van der Waals surface area (Å²) in [6.07, 6.45) is -2.90. The number of halogens is 3. The number of benzene rings is 2. The maximum Gasteiger partial charge on any atom is 0.416 e. The molecular weight excluding hydrogens is 489 g/mol. The average molecular weight is 512 g/mol. The highest BCUT2D eigenvalue weighted by atomic mass is 19.4. The fourth-order valence-corrected chi connectivity index (χ4v) is 3.88. The predicted octanol–water partition coefficient (Wildman–Crippen LogP) is 4.57. The number of anilines is 2. The van der Waals surface area contributed by atoms with E-state index in [9.17, 15) is 18.0 Å². The Morgan fingerprint density at radius 1 is 1.11 bits per heavy atom. The third kappa shape index (κ3) is 5.19. The molecule has 0 unspecified atom stereocenters. The van der Waals surface area contributed by atoms with Crippen molar-refractivity contribution in [1.29, 1.82) is 0 Å². The number of rotatable bonds is 5. The number of aryl methyl sites for hydroxylation is 2. The van der Waals surface area contributed by atoms with Crippen LogP contribution in [0.5, 0.6) is 11.6 Å². The molecule has 1 fully saturated rings. The van der Waals surface area contributed by atoms with Crippen LogP contribution in [0.4, 0.5) is 24.8 Å². The van der Waals surface area contributed by atoms with Crippen molar-refractivity contribution in [2.45, 2.75) is 13.1 Å². The van der Waals surface area contributed by atoms with Gasteiger partial charge in [0.25, 0.3) is 11.8 Å². The van der Waals surface area contributed by atoms with E-state index >= 15 is 0 Å². The number of carbonyl (C=O) groups is 1. The fraction of sp³-hybridized carbons (Fsp3) is 0.280. The molecule has 4 aromatic rings. The zero-order valence-electron chi connectivity index (χ0n) is 20.0. The van der Waals surface area contributed by atoms with E-state index in [1.165, 1.54) is 18.2 Å². The molecule has 2 aromatic heterocycles. The standard InChI is InChI=1S/C25H23F3N6O3/c1-15-6-7-16(22(35)30-18-5-3-4-17(13-18)25(26,27)28)12-19(15)37-23-20-21(33(2)14-29-20)31-24(32-23)34-8-10-36-11-9-34/h3-7,12-14H,8-11H2,1-2H3,(H,30,35). The molecule has 0 spiro atoms. The van der Waals surface area contributed by atoms with Gasteiger partial charge >= 0.3 is 6.18 Å². The van der Waals surface area contributed by atoms with E-state index in [-0.39, 0.29) is 17.1 Å².